The Kier molecular flexibility index (Phi) is 6.49. The van der Waals surface area contributed by atoms with Crippen LogP contribution in [0, 0.1) is 0 Å². The monoisotopic (exact) mass is 276 g/mol. The van der Waals surface area contributed by atoms with Crippen LogP contribution >= 0.6 is 0 Å². The van der Waals surface area contributed by atoms with Gasteiger partial charge in [0.1, 0.15) is 0 Å². The zero-order valence-corrected chi connectivity index (χ0v) is 10.7. The molecule has 0 unspecified atom stereocenters. The number of alkyl halides is 4. The Morgan fingerprint density at radius 3 is 1.88 bits per heavy atom. The molecule has 11 heteroatoms. The first kappa shape index (κ1) is 18.5. The van der Waals surface area contributed by atoms with Crippen molar-refractivity contribution in [1.82, 2.24) is 0 Å². The van der Waals surface area contributed by atoms with E-state index in [9.17, 15) is 35.3 Å². The summed E-state index contributed by atoms with van der Waals surface area (Å²) in [6.07, 6.45) is -3.31. The van der Waals surface area contributed by atoms with Gasteiger partial charge in [-0.25, -0.2) is 8.42 Å². The Labute approximate surface area is 110 Å². The van der Waals surface area contributed by atoms with Crippen molar-refractivity contribution in [3.05, 3.63) is 0 Å². The first-order valence-corrected chi connectivity index (χ1v) is 4.75. The molecule has 0 saturated carbocycles. The van der Waals surface area contributed by atoms with Gasteiger partial charge in [0.25, 0.3) is 0 Å². The van der Waals surface area contributed by atoms with Crippen molar-refractivity contribution in [2.45, 2.75) is 24.0 Å². The molecule has 0 saturated heterocycles. The zero-order chi connectivity index (χ0) is 12.5. The van der Waals surface area contributed by atoms with Gasteiger partial charge in [-0.3, -0.25) is 4.79 Å². The maximum Gasteiger partial charge on any atom is 1.00 e. The second-order valence-corrected chi connectivity index (χ2v) is 3.99. The molecule has 90 valence electrons. The topological polar surface area (TPSA) is 94.5 Å². The summed E-state index contributed by atoms with van der Waals surface area (Å²) < 4.78 is 79.0. The molecule has 0 aromatic rings. The second kappa shape index (κ2) is 5.63. The molecule has 0 heterocycles. The van der Waals surface area contributed by atoms with E-state index in [2.05, 4.69) is 0 Å². The number of halogens is 4. The number of carbonyl (C=O) groups is 1. The van der Waals surface area contributed by atoms with Crippen LogP contribution in [0.15, 0.2) is 0 Å². The van der Waals surface area contributed by atoms with Gasteiger partial charge < -0.3 is 9.66 Å². The molecular formula is C5H5F4NaO5S. The van der Waals surface area contributed by atoms with E-state index in [-0.39, 0.29) is 29.6 Å². The quantitative estimate of drug-likeness (QED) is 0.344. The van der Waals surface area contributed by atoms with Gasteiger partial charge in [0.05, 0.1) is 6.42 Å². The Morgan fingerprint density at radius 2 is 1.62 bits per heavy atom. The Balaban J connectivity index is 0. The maximum absolute atomic E-state index is 12.5. The van der Waals surface area contributed by atoms with Gasteiger partial charge in [0.15, 0.2) is 10.1 Å². The van der Waals surface area contributed by atoms with E-state index in [1.165, 1.54) is 0 Å². The molecule has 16 heavy (non-hydrogen) atoms. The third kappa shape index (κ3) is 4.17. The average molecular weight is 276 g/mol. The number of rotatable bonds is 5. The van der Waals surface area contributed by atoms with Crippen molar-refractivity contribution >= 4 is 16.1 Å². The van der Waals surface area contributed by atoms with Crippen molar-refractivity contribution in [2.75, 3.05) is 0 Å². The number of hydrogen-bond acceptors (Lipinski definition) is 4. The van der Waals surface area contributed by atoms with Crippen molar-refractivity contribution in [3.63, 3.8) is 0 Å². The van der Waals surface area contributed by atoms with Crippen LogP contribution in [0.5, 0.6) is 0 Å². The summed E-state index contributed by atoms with van der Waals surface area (Å²) in [5.41, 5.74) is 0. The first-order valence-electron chi connectivity index (χ1n) is 3.34. The minimum atomic E-state index is -6.53. The SMILES string of the molecule is O=C(O)CCC(F)(F)C(F)(F)S(=O)(=O)[O-].[Na+]. The summed E-state index contributed by atoms with van der Waals surface area (Å²) >= 11 is 0. The average Bonchev–Trinajstić information content (AvgIpc) is 1.98. The molecule has 1 N–H and O–H groups in total. The van der Waals surface area contributed by atoms with Crippen LogP contribution in [-0.4, -0.2) is 35.2 Å². The molecule has 0 aliphatic heterocycles. The van der Waals surface area contributed by atoms with E-state index in [0.717, 1.165) is 0 Å². The summed E-state index contributed by atoms with van der Waals surface area (Å²) in [7, 11) is -6.53. The van der Waals surface area contributed by atoms with E-state index in [0.29, 0.717) is 0 Å². The van der Waals surface area contributed by atoms with Gasteiger partial charge in [0, 0.05) is 6.42 Å². The fraction of sp³-hybridized carbons (Fsp3) is 0.800. The molecule has 0 amide bonds. The Bertz CT molecular complexity index is 354. The molecule has 0 aliphatic carbocycles. The Morgan fingerprint density at radius 1 is 1.25 bits per heavy atom. The molecule has 0 aromatic carbocycles. The Hall–Kier alpha value is 0.1000. The van der Waals surface area contributed by atoms with E-state index < -0.39 is 40.1 Å². The standard InChI is InChI=1S/C5H6F4O5S.Na/c6-4(7,2-1-3(10)11)5(8,9)15(12,13)14;/h1-2H2,(H,10,11)(H,12,13,14);/q;+1/p-1. The van der Waals surface area contributed by atoms with E-state index >= 15 is 0 Å². The first-order chi connectivity index (χ1) is 6.42. The van der Waals surface area contributed by atoms with Crippen LogP contribution in [0.4, 0.5) is 17.6 Å². The number of carboxylic acids is 1. The third-order valence-corrected chi connectivity index (χ3v) is 2.32. The number of aliphatic carboxylic acids is 1. The third-order valence-electron chi connectivity index (χ3n) is 1.39. The summed E-state index contributed by atoms with van der Waals surface area (Å²) in [5, 5.41) is 2.13. The smallest absolute Gasteiger partial charge is 0.743 e. The normalized spacial score (nSPS) is 13.1. The molecule has 0 aromatic heterocycles. The van der Waals surface area contributed by atoms with E-state index in [1.54, 1.807) is 0 Å². The van der Waals surface area contributed by atoms with Crippen LogP contribution in [-0.2, 0) is 14.9 Å². The van der Waals surface area contributed by atoms with Gasteiger partial charge in [-0.15, -0.1) is 0 Å². The molecule has 5 nitrogen and oxygen atoms in total. The van der Waals surface area contributed by atoms with Gasteiger partial charge in [-0.2, -0.15) is 17.6 Å². The minimum Gasteiger partial charge on any atom is -0.743 e. The van der Waals surface area contributed by atoms with Gasteiger partial charge in [-0.05, 0) is 0 Å². The molecule has 0 fully saturated rings. The van der Waals surface area contributed by atoms with Crippen molar-refractivity contribution in [1.29, 1.82) is 0 Å². The van der Waals surface area contributed by atoms with Crippen LogP contribution in [0.2, 0.25) is 0 Å². The summed E-state index contributed by atoms with van der Waals surface area (Å²) in [5.74, 6) is -7.01. The minimum absolute atomic E-state index is 0. The van der Waals surface area contributed by atoms with Crippen LogP contribution in [0.1, 0.15) is 12.8 Å². The molecule has 0 rings (SSSR count). The predicted molar refractivity (Wildman–Crippen MR) is 36.5 cm³/mol. The molecule has 0 spiro atoms. The van der Waals surface area contributed by atoms with Crippen LogP contribution in [0.3, 0.4) is 0 Å². The second-order valence-electron chi connectivity index (χ2n) is 2.57. The maximum atomic E-state index is 12.5. The van der Waals surface area contributed by atoms with Crippen molar-refractivity contribution in [2.24, 2.45) is 0 Å². The van der Waals surface area contributed by atoms with E-state index in [1.807, 2.05) is 0 Å². The summed E-state index contributed by atoms with van der Waals surface area (Å²) in [6, 6.07) is 0. The summed E-state index contributed by atoms with van der Waals surface area (Å²) in [6.45, 7) is 0. The van der Waals surface area contributed by atoms with Crippen molar-refractivity contribution < 1.29 is 70.0 Å². The fourth-order valence-corrected chi connectivity index (χ4v) is 1.06. The van der Waals surface area contributed by atoms with Gasteiger partial charge in [-0.1, -0.05) is 0 Å². The molecule has 0 aliphatic rings. The molecular weight excluding hydrogens is 271 g/mol. The van der Waals surface area contributed by atoms with Gasteiger partial charge >= 0.3 is 46.7 Å². The van der Waals surface area contributed by atoms with Crippen molar-refractivity contribution in [3.8, 4) is 0 Å². The number of hydrogen-bond donors (Lipinski definition) is 1. The fourth-order valence-electron chi connectivity index (χ4n) is 0.592. The van der Waals surface area contributed by atoms with Crippen LogP contribution in [0.25, 0.3) is 0 Å². The largest absolute Gasteiger partial charge is 1.00 e. The molecule has 0 bridgehead atoms. The van der Waals surface area contributed by atoms with E-state index in [4.69, 9.17) is 5.11 Å². The predicted octanol–water partition coefficient (Wildman–Crippen LogP) is -2.37. The van der Waals surface area contributed by atoms with Crippen LogP contribution < -0.4 is 29.6 Å². The number of carboxylic acid groups (broad SMARTS) is 1. The molecule has 0 atom stereocenters. The molecule has 0 radical (unpaired) electrons. The summed E-state index contributed by atoms with van der Waals surface area (Å²) in [4.78, 5) is 9.82. The van der Waals surface area contributed by atoms with Gasteiger partial charge in [0.2, 0.25) is 0 Å². The zero-order valence-electron chi connectivity index (χ0n) is 7.91.